The number of rotatable bonds is 8. The highest BCUT2D eigenvalue weighted by atomic mass is 16.7. The molecule has 1 saturated heterocycles. The van der Waals surface area contributed by atoms with Gasteiger partial charge in [0.2, 0.25) is 0 Å². The van der Waals surface area contributed by atoms with E-state index in [4.69, 9.17) is 9.57 Å². The molecule has 0 unspecified atom stereocenters. The van der Waals surface area contributed by atoms with Gasteiger partial charge in [-0.25, -0.2) is 14.7 Å². The molecule has 1 N–H and O–H groups in total. The Morgan fingerprint density at radius 3 is 1.67 bits per heavy atom. The molecule has 6 heteroatoms. The van der Waals surface area contributed by atoms with E-state index in [9.17, 15) is 9.59 Å². The van der Waals surface area contributed by atoms with E-state index in [0.29, 0.717) is 13.0 Å². The molecular weight excluding hydrogens is 572 g/mol. The fourth-order valence-corrected chi connectivity index (χ4v) is 6.86. The van der Waals surface area contributed by atoms with Crippen LogP contribution in [0.15, 0.2) is 140 Å². The van der Waals surface area contributed by atoms with Crippen LogP contribution >= 0.6 is 0 Å². The lowest BCUT2D eigenvalue weighted by Gasteiger charge is -2.39. The number of carbonyl (C=O) groups is 2. The summed E-state index contributed by atoms with van der Waals surface area (Å²) in [6, 6.07) is 45.6. The topological polar surface area (TPSA) is 67.9 Å². The lowest BCUT2D eigenvalue weighted by Crippen LogP contribution is -2.51. The number of hydrogen-bond donors (Lipinski definition) is 1. The Balaban J connectivity index is 1.13. The quantitative estimate of drug-likeness (QED) is 0.182. The Bertz CT molecular complexity index is 1670. The normalized spacial score (nSPS) is 16.3. The highest BCUT2D eigenvalue weighted by molar-refractivity contribution is 5.85. The number of alkyl carbamates (subject to hydrolysis) is 1. The monoisotopic (exact) mass is 608 g/mol. The first-order valence-electron chi connectivity index (χ1n) is 15.9. The van der Waals surface area contributed by atoms with Crippen LogP contribution in [-0.2, 0) is 20.0 Å². The van der Waals surface area contributed by atoms with Crippen LogP contribution in [0.25, 0.3) is 11.1 Å². The molecule has 1 fully saturated rings. The van der Waals surface area contributed by atoms with E-state index in [1.807, 2.05) is 115 Å². The zero-order valence-corrected chi connectivity index (χ0v) is 25.5. The summed E-state index contributed by atoms with van der Waals surface area (Å²) < 4.78 is 5.81. The van der Waals surface area contributed by atoms with Crippen LogP contribution in [0.3, 0.4) is 0 Å². The number of nitrogens with one attached hydrogen (secondary N) is 1. The van der Waals surface area contributed by atoms with Gasteiger partial charge < -0.3 is 10.1 Å². The standard InChI is InChI=1S/C40H36N2O4/c43-38-37(41-39(44)45-28-36-34-24-12-10-22-32(34)33-23-11-13-25-35(33)36)26-14-15-27-42(38)46-40(29-16-4-1-5-17-29,30-18-6-2-7-19-30)31-20-8-3-9-21-31/h1-13,16-25,36-37H,14-15,26-28H2,(H,41,44)/t37-/m0/s1. The molecule has 1 aliphatic heterocycles. The number of benzene rings is 5. The van der Waals surface area contributed by atoms with Gasteiger partial charge in [0.05, 0.1) is 0 Å². The largest absolute Gasteiger partial charge is 0.449 e. The summed E-state index contributed by atoms with van der Waals surface area (Å²) in [6.07, 6.45) is 1.39. The molecule has 7 rings (SSSR count). The Kier molecular flexibility index (Phi) is 8.36. The van der Waals surface area contributed by atoms with Gasteiger partial charge in [-0.3, -0.25) is 4.79 Å². The maximum Gasteiger partial charge on any atom is 0.407 e. The molecule has 5 aromatic carbocycles. The van der Waals surface area contributed by atoms with Crippen LogP contribution in [0.1, 0.15) is 53.0 Å². The van der Waals surface area contributed by atoms with Gasteiger partial charge >= 0.3 is 6.09 Å². The van der Waals surface area contributed by atoms with Crippen molar-refractivity contribution < 1.29 is 19.2 Å². The van der Waals surface area contributed by atoms with Crippen molar-refractivity contribution in [3.05, 3.63) is 167 Å². The van der Waals surface area contributed by atoms with E-state index in [1.165, 1.54) is 5.06 Å². The van der Waals surface area contributed by atoms with E-state index in [-0.39, 0.29) is 18.4 Å². The third-order valence-corrected chi connectivity index (χ3v) is 9.07. The average molecular weight is 609 g/mol. The lowest BCUT2D eigenvalue weighted by atomic mass is 9.80. The maximum atomic E-state index is 14.2. The van der Waals surface area contributed by atoms with Gasteiger partial charge in [-0.15, -0.1) is 0 Å². The highest BCUT2D eigenvalue weighted by Gasteiger charge is 2.43. The fourth-order valence-electron chi connectivity index (χ4n) is 6.86. The number of nitrogens with zero attached hydrogens (tertiary/aromatic N) is 1. The van der Waals surface area contributed by atoms with Crippen molar-refractivity contribution in [3.63, 3.8) is 0 Å². The van der Waals surface area contributed by atoms with E-state index in [0.717, 1.165) is 51.8 Å². The molecule has 0 saturated carbocycles. The van der Waals surface area contributed by atoms with E-state index < -0.39 is 17.7 Å². The third kappa shape index (κ3) is 5.57. The van der Waals surface area contributed by atoms with Crippen LogP contribution in [0.2, 0.25) is 0 Å². The minimum atomic E-state index is -1.10. The van der Waals surface area contributed by atoms with Gasteiger partial charge in [-0.2, -0.15) is 0 Å². The average Bonchev–Trinajstić information content (AvgIpc) is 3.34. The SMILES string of the molecule is O=C(N[C@H]1CCCCN(OC(c2ccccc2)(c2ccccc2)c2ccccc2)C1=O)OCC1c2ccccc2-c2ccccc21. The molecule has 1 heterocycles. The second kappa shape index (κ2) is 13.0. The minimum absolute atomic E-state index is 0.0638. The Hall–Kier alpha value is -5.20. The number of fused-ring (bicyclic) bond motifs is 3. The number of hydroxylamine groups is 2. The molecule has 6 nitrogen and oxygen atoms in total. The van der Waals surface area contributed by atoms with Gasteiger partial charge in [0.25, 0.3) is 5.91 Å². The van der Waals surface area contributed by atoms with Crippen LogP contribution in [0, 0.1) is 0 Å². The Labute approximate surface area is 269 Å². The molecule has 5 aromatic rings. The van der Waals surface area contributed by atoms with Gasteiger partial charge in [-0.1, -0.05) is 140 Å². The summed E-state index contributed by atoms with van der Waals surface area (Å²) in [4.78, 5) is 34.4. The second-order valence-corrected chi connectivity index (χ2v) is 11.8. The van der Waals surface area contributed by atoms with Crippen molar-refractivity contribution in [2.24, 2.45) is 0 Å². The first-order valence-corrected chi connectivity index (χ1v) is 15.9. The smallest absolute Gasteiger partial charge is 0.407 e. The summed E-state index contributed by atoms with van der Waals surface area (Å²) in [5.41, 5.74) is 6.19. The highest BCUT2D eigenvalue weighted by Crippen LogP contribution is 2.45. The molecule has 230 valence electrons. The van der Waals surface area contributed by atoms with Crippen LogP contribution in [0.4, 0.5) is 4.79 Å². The summed E-state index contributed by atoms with van der Waals surface area (Å²) in [6.45, 7) is 0.579. The number of ether oxygens (including phenoxy) is 1. The van der Waals surface area contributed by atoms with Crippen molar-refractivity contribution in [2.75, 3.05) is 13.2 Å². The first kappa shape index (κ1) is 29.5. The zero-order valence-electron chi connectivity index (χ0n) is 25.5. The van der Waals surface area contributed by atoms with E-state index in [1.54, 1.807) is 0 Å². The molecule has 1 atom stereocenters. The fraction of sp³-hybridized carbons (Fsp3) is 0.200. The van der Waals surface area contributed by atoms with E-state index in [2.05, 4.69) is 29.6 Å². The molecule has 1 aliphatic carbocycles. The minimum Gasteiger partial charge on any atom is -0.449 e. The van der Waals surface area contributed by atoms with Gasteiger partial charge in [0.15, 0.2) is 5.60 Å². The second-order valence-electron chi connectivity index (χ2n) is 11.8. The van der Waals surface area contributed by atoms with E-state index >= 15 is 0 Å². The Morgan fingerprint density at radius 2 is 1.15 bits per heavy atom. The van der Waals surface area contributed by atoms with Gasteiger partial charge in [0, 0.05) is 12.5 Å². The predicted molar refractivity (Wildman–Crippen MR) is 178 cm³/mol. The maximum absolute atomic E-state index is 14.2. The van der Waals surface area contributed by atoms with Crippen LogP contribution < -0.4 is 5.32 Å². The number of amides is 2. The first-order chi connectivity index (χ1) is 22.6. The van der Waals surface area contributed by atoms with Crippen LogP contribution in [-0.4, -0.2) is 36.3 Å². The number of hydrogen-bond acceptors (Lipinski definition) is 4. The molecule has 2 amide bonds. The zero-order chi connectivity index (χ0) is 31.3. The number of carbonyl (C=O) groups excluding carboxylic acids is 2. The molecule has 0 radical (unpaired) electrons. The van der Waals surface area contributed by atoms with Crippen molar-refractivity contribution in [1.82, 2.24) is 10.4 Å². The van der Waals surface area contributed by atoms with Crippen molar-refractivity contribution in [1.29, 1.82) is 0 Å². The third-order valence-electron chi connectivity index (χ3n) is 9.07. The molecule has 0 aromatic heterocycles. The predicted octanol–water partition coefficient (Wildman–Crippen LogP) is 7.83. The van der Waals surface area contributed by atoms with Crippen molar-refractivity contribution >= 4 is 12.0 Å². The van der Waals surface area contributed by atoms with Crippen molar-refractivity contribution in [3.8, 4) is 11.1 Å². The summed E-state index contributed by atoms with van der Waals surface area (Å²) in [5.74, 6) is -0.357. The van der Waals surface area contributed by atoms with Gasteiger partial charge in [0.1, 0.15) is 12.6 Å². The Morgan fingerprint density at radius 1 is 0.674 bits per heavy atom. The summed E-state index contributed by atoms with van der Waals surface area (Å²) in [5, 5.41) is 4.34. The molecule has 0 spiro atoms. The summed E-state index contributed by atoms with van der Waals surface area (Å²) >= 11 is 0. The molecule has 46 heavy (non-hydrogen) atoms. The lowest BCUT2D eigenvalue weighted by molar-refractivity contribution is -0.223. The summed E-state index contributed by atoms with van der Waals surface area (Å²) in [7, 11) is 0. The molecular formula is C40H36N2O4. The molecule has 0 bridgehead atoms. The van der Waals surface area contributed by atoms with Crippen molar-refractivity contribution in [2.45, 2.75) is 36.8 Å². The van der Waals surface area contributed by atoms with Gasteiger partial charge in [-0.05, 0) is 58.2 Å². The molecule has 2 aliphatic rings. The van der Waals surface area contributed by atoms with Crippen LogP contribution in [0.5, 0.6) is 0 Å².